The average molecular weight is 327 g/mol. The van der Waals surface area contributed by atoms with Crippen molar-refractivity contribution in [2.24, 2.45) is 5.92 Å². The molecule has 0 radical (unpaired) electrons. The number of aryl methyl sites for hydroxylation is 3. The fourth-order valence-corrected chi connectivity index (χ4v) is 4.15. The van der Waals surface area contributed by atoms with Crippen molar-refractivity contribution < 1.29 is 0 Å². The summed E-state index contributed by atoms with van der Waals surface area (Å²) in [5, 5.41) is 17.3. The van der Waals surface area contributed by atoms with E-state index in [4.69, 9.17) is 0 Å². The zero-order chi connectivity index (χ0) is 16.2. The predicted octanol–water partition coefficient (Wildman–Crippen LogP) is 3.96. The third-order valence-corrected chi connectivity index (χ3v) is 5.29. The van der Waals surface area contributed by atoms with E-state index in [-0.39, 0.29) is 0 Å². The number of H-pyrrole nitrogens is 1. The van der Waals surface area contributed by atoms with Gasteiger partial charge < -0.3 is 0 Å². The van der Waals surface area contributed by atoms with Crippen molar-refractivity contribution in [2.45, 2.75) is 62.4 Å². The molecule has 0 aromatic carbocycles. The minimum Gasteiger partial charge on any atom is -0.262 e. The minimum atomic E-state index is 0.609. The van der Waals surface area contributed by atoms with E-state index in [1.165, 1.54) is 43.9 Å². The molecule has 5 nitrogen and oxygen atoms in total. The highest BCUT2D eigenvalue weighted by Crippen LogP contribution is 2.31. The average Bonchev–Trinajstić information content (AvgIpc) is 3.16. The van der Waals surface area contributed by atoms with Crippen LogP contribution in [-0.2, 0) is 6.42 Å². The predicted molar refractivity (Wildman–Crippen MR) is 89.2 cm³/mol. The second-order valence-electron chi connectivity index (χ2n) is 6.19. The Morgan fingerprint density at radius 1 is 1.30 bits per heavy atom. The van der Waals surface area contributed by atoms with E-state index < -0.39 is 0 Å². The summed E-state index contributed by atoms with van der Waals surface area (Å²) in [6.07, 6.45) is 7.61. The molecule has 23 heavy (non-hydrogen) atoms. The number of hydrogen-bond donors (Lipinski definition) is 1. The molecule has 1 saturated carbocycles. The lowest BCUT2D eigenvalue weighted by molar-refractivity contribution is 0.497. The molecule has 6 heteroatoms. The largest absolute Gasteiger partial charge is 0.262 e. The molecule has 1 fully saturated rings. The van der Waals surface area contributed by atoms with E-state index in [9.17, 15) is 5.26 Å². The van der Waals surface area contributed by atoms with E-state index in [1.807, 2.05) is 19.9 Å². The third kappa shape index (κ3) is 3.91. The van der Waals surface area contributed by atoms with Crippen LogP contribution in [0, 0.1) is 31.1 Å². The quantitative estimate of drug-likeness (QED) is 0.899. The molecule has 0 spiro atoms. The van der Waals surface area contributed by atoms with E-state index >= 15 is 0 Å². The second kappa shape index (κ2) is 7.14. The maximum atomic E-state index is 9.33. The number of aromatic amines is 1. The van der Waals surface area contributed by atoms with Crippen LogP contribution in [-0.4, -0.2) is 20.2 Å². The van der Waals surface area contributed by atoms with E-state index in [2.05, 4.69) is 26.2 Å². The maximum absolute atomic E-state index is 9.33. The summed E-state index contributed by atoms with van der Waals surface area (Å²) in [5.41, 5.74) is 2.27. The summed E-state index contributed by atoms with van der Waals surface area (Å²) in [6.45, 7) is 3.80. The summed E-state index contributed by atoms with van der Waals surface area (Å²) < 4.78 is 0. The lowest BCUT2D eigenvalue weighted by Gasteiger charge is -2.06. The molecule has 0 unspecified atom stereocenters. The molecule has 1 aliphatic rings. The normalized spacial score (nSPS) is 15.0. The van der Waals surface area contributed by atoms with E-state index in [1.54, 1.807) is 0 Å². The van der Waals surface area contributed by atoms with Crippen LogP contribution < -0.4 is 0 Å². The molecule has 0 bridgehead atoms. The lowest BCUT2D eigenvalue weighted by Crippen LogP contribution is -1.97. The van der Waals surface area contributed by atoms with Crippen LogP contribution in [0.25, 0.3) is 0 Å². The zero-order valence-corrected chi connectivity index (χ0v) is 14.4. The molecule has 0 aliphatic heterocycles. The Labute approximate surface area is 140 Å². The van der Waals surface area contributed by atoms with Gasteiger partial charge >= 0.3 is 0 Å². The Hall–Kier alpha value is -1.87. The highest BCUT2D eigenvalue weighted by atomic mass is 32.2. The molecule has 1 aliphatic carbocycles. The number of rotatable bonds is 5. The fraction of sp³-hybridized carbons (Fsp3) is 0.529. The van der Waals surface area contributed by atoms with Gasteiger partial charge in [-0.25, -0.2) is 4.98 Å². The van der Waals surface area contributed by atoms with Crippen LogP contribution in [0.1, 0.15) is 54.9 Å². The first kappa shape index (κ1) is 16.0. The fourth-order valence-electron chi connectivity index (χ4n) is 3.18. The van der Waals surface area contributed by atoms with Gasteiger partial charge in [0.1, 0.15) is 11.9 Å². The molecule has 1 N–H and O–H groups in total. The molecular formula is C17H21N5S. The minimum absolute atomic E-state index is 0.609. The molecule has 2 aromatic rings. The van der Waals surface area contributed by atoms with Crippen molar-refractivity contribution in [1.82, 2.24) is 20.2 Å². The van der Waals surface area contributed by atoms with Crippen molar-refractivity contribution in [3.05, 3.63) is 28.8 Å². The molecule has 120 valence electrons. The number of pyridine rings is 1. The summed E-state index contributed by atoms with van der Waals surface area (Å²) in [4.78, 5) is 9.78. The second-order valence-corrected chi connectivity index (χ2v) is 7.20. The van der Waals surface area contributed by atoms with Gasteiger partial charge in [0.25, 0.3) is 0 Å². The molecule has 2 aromatic heterocycles. The van der Waals surface area contributed by atoms with Gasteiger partial charge in [0.2, 0.25) is 5.16 Å². The first-order chi connectivity index (χ1) is 11.2. The van der Waals surface area contributed by atoms with Gasteiger partial charge in [-0.2, -0.15) is 5.26 Å². The van der Waals surface area contributed by atoms with Crippen LogP contribution in [0.3, 0.4) is 0 Å². The Morgan fingerprint density at radius 2 is 2.09 bits per heavy atom. The number of aromatic nitrogens is 4. The summed E-state index contributed by atoms with van der Waals surface area (Å²) in [6, 6.07) is 4.15. The van der Waals surface area contributed by atoms with Gasteiger partial charge in [-0.3, -0.25) is 10.1 Å². The zero-order valence-electron chi connectivity index (χ0n) is 13.6. The Bertz CT molecular complexity index is 725. The van der Waals surface area contributed by atoms with Crippen molar-refractivity contribution in [1.29, 1.82) is 5.26 Å². The summed E-state index contributed by atoms with van der Waals surface area (Å²) >= 11 is 1.43. The van der Waals surface area contributed by atoms with E-state index in [0.717, 1.165) is 34.4 Å². The number of nitriles is 1. The molecule has 0 atom stereocenters. The topological polar surface area (TPSA) is 78.2 Å². The Kier molecular flexibility index (Phi) is 4.97. The Balaban J connectivity index is 1.68. The van der Waals surface area contributed by atoms with Gasteiger partial charge in [0.05, 0.1) is 11.3 Å². The Morgan fingerprint density at radius 3 is 2.83 bits per heavy atom. The third-order valence-electron chi connectivity index (χ3n) is 4.38. The highest BCUT2D eigenvalue weighted by Gasteiger charge is 2.16. The first-order valence-electron chi connectivity index (χ1n) is 8.13. The SMILES string of the molecule is Cc1cc(Sc2n[nH]c(CCC3CCCC3)n2)c(C#N)c(C)n1. The summed E-state index contributed by atoms with van der Waals surface area (Å²) in [7, 11) is 0. The number of nitrogens with one attached hydrogen (secondary N) is 1. The summed E-state index contributed by atoms with van der Waals surface area (Å²) in [5.74, 6) is 1.80. The monoisotopic (exact) mass is 327 g/mol. The molecule has 0 saturated heterocycles. The van der Waals surface area contributed by atoms with Gasteiger partial charge in [0, 0.05) is 17.0 Å². The molecule has 0 amide bonds. The van der Waals surface area contributed by atoms with Crippen LogP contribution in [0.4, 0.5) is 0 Å². The highest BCUT2D eigenvalue weighted by molar-refractivity contribution is 7.99. The van der Waals surface area contributed by atoms with E-state index in [0.29, 0.717) is 10.7 Å². The van der Waals surface area contributed by atoms with Gasteiger partial charge in [-0.15, -0.1) is 5.10 Å². The number of nitrogens with zero attached hydrogens (tertiary/aromatic N) is 4. The van der Waals surface area contributed by atoms with Crippen LogP contribution in [0.2, 0.25) is 0 Å². The smallest absolute Gasteiger partial charge is 0.213 e. The van der Waals surface area contributed by atoms with Crippen molar-refractivity contribution in [3.63, 3.8) is 0 Å². The van der Waals surface area contributed by atoms with Crippen LogP contribution in [0.5, 0.6) is 0 Å². The van der Waals surface area contributed by atoms with Gasteiger partial charge in [-0.05, 0) is 44.0 Å². The van der Waals surface area contributed by atoms with Gasteiger partial charge in [-0.1, -0.05) is 25.7 Å². The maximum Gasteiger partial charge on any atom is 0.213 e. The van der Waals surface area contributed by atoms with Crippen LogP contribution in [0.15, 0.2) is 16.1 Å². The molecular weight excluding hydrogens is 306 g/mol. The van der Waals surface area contributed by atoms with Gasteiger partial charge in [0.15, 0.2) is 0 Å². The van der Waals surface area contributed by atoms with Crippen molar-refractivity contribution >= 4 is 11.8 Å². The lowest BCUT2D eigenvalue weighted by atomic mass is 10.0. The molecule has 2 heterocycles. The standard InChI is InChI=1S/C17H21N5S/c1-11-9-15(14(10-18)12(2)19-11)23-17-20-16(21-22-17)8-7-13-5-3-4-6-13/h9,13H,3-8H2,1-2H3,(H,20,21,22). The molecule has 3 rings (SSSR count). The van der Waals surface area contributed by atoms with Crippen molar-refractivity contribution in [2.75, 3.05) is 0 Å². The van der Waals surface area contributed by atoms with Crippen LogP contribution >= 0.6 is 11.8 Å². The first-order valence-corrected chi connectivity index (χ1v) is 8.95. The number of hydrogen-bond acceptors (Lipinski definition) is 5. The van der Waals surface area contributed by atoms with Crippen molar-refractivity contribution in [3.8, 4) is 6.07 Å².